The van der Waals surface area contributed by atoms with Gasteiger partial charge in [0.25, 0.3) is 5.89 Å². The maximum atomic E-state index is 13.2. The van der Waals surface area contributed by atoms with Crippen molar-refractivity contribution in [1.29, 1.82) is 0 Å². The van der Waals surface area contributed by atoms with E-state index in [1.807, 2.05) is 4.68 Å². The molecule has 0 radical (unpaired) electrons. The quantitative estimate of drug-likeness (QED) is 0.733. The number of hydrogen-bond acceptors (Lipinski definition) is 5. The fourth-order valence-electron chi connectivity index (χ4n) is 3.64. The number of hydrogen-bond donors (Lipinski definition) is 0. The van der Waals surface area contributed by atoms with Gasteiger partial charge >= 0.3 is 0 Å². The highest BCUT2D eigenvalue weighted by atomic mass is 19.1. The van der Waals surface area contributed by atoms with Crippen LogP contribution in [0.1, 0.15) is 35.8 Å². The first kappa shape index (κ1) is 14.8. The molecule has 5 rings (SSSR count). The number of rotatable bonds is 3. The molecule has 25 heavy (non-hydrogen) atoms. The second kappa shape index (κ2) is 5.77. The lowest BCUT2D eigenvalue weighted by Gasteiger charge is -2.04. The number of aromatic nitrogens is 4. The minimum atomic E-state index is -0.256. The average molecular weight is 340 g/mol. The number of nitrogens with zero attached hydrogens (tertiary/aromatic N) is 4. The van der Waals surface area contributed by atoms with E-state index in [1.165, 1.54) is 12.1 Å². The summed E-state index contributed by atoms with van der Waals surface area (Å²) in [7, 11) is 0. The third kappa shape index (κ3) is 2.46. The lowest BCUT2D eigenvalue weighted by Crippen LogP contribution is -2.01. The first-order valence-electron chi connectivity index (χ1n) is 8.58. The summed E-state index contributed by atoms with van der Waals surface area (Å²) < 4.78 is 26.0. The van der Waals surface area contributed by atoms with Crippen molar-refractivity contribution in [2.45, 2.75) is 31.6 Å². The van der Waals surface area contributed by atoms with E-state index in [4.69, 9.17) is 14.4 Å². The van der Waals surface area contributed by atoms with Crippen LogP contribution in [0.3, 0.4) is 0 Å². The Kier molecular flexibility index (Phi) is 3.41. The van der Waals surface area contributed by atoms with Crippen molar-refractivity contribution in [3.05, 3.63) is 47.2 Å². The van der Waals surface area contributed by atoms with Crippen LogP contribution in [0.4, 0.5) is 4.39 Å². The summed E-state index contributed by atoms with van der Waals surface area (Å²) in [5, 5.41) is 8.84. The van der Waals surface area contributed by atoms with Gasteiger partial charge in [0.1, 0.15) is 5.82 Å². The molecule has 1 aliphatic heterocycles. The van der Waals surface area contributed by atoms with E-state index in [2.05, 4.69) is 10.1 Å². The Labute approximate surface area is 143 Å². The second-order valence-electron chi connectivity index (χ2n) is 6.53. The average Bonchev–Trinajstić information content (AvgIpc) is 3.38. The molecule has 6 nitrogen and oxygen atoms in total. The lowest BCUT2D eigenvalue weighted by atomic mass is 10.1. The van der Waals surface area contributed by atoms with Gasteiger partial charge in [0.15, 0.2) is 11.5 Å². The molecule has 0 saturated carbocycles. The van der Waals surface area contributed by atoms with Crippen molar-refractivity contribution in [2.75, 3.05) is 13.2 Å². The van der Waals surface area contributed by atoms with Gasteiger partial charge in [-0.1, -0.05) is 5.16 Å². The number of fused-ring (bicyclic) bond motifs is 1. The Hall–Kier alpha value is -2.54. The predicted octanol–water partition coefficient (Wildman–Crippen LogP) is 3.05. The molecule has 1 fully saturated rings. The molecule has 1 aromatic carbocycles. The Morgan fingerprint density at radius 1 is 1.16 bits per heavy atom. The summed E-state index contributed by atoms with van der Waals surface area (Å²) in [6.45, 7) is 1.38. The third-order valence-corrected chi connectivity index (χ3v) is 4.94. The molecule has 1 saturated heterocycles. The van der Waals surface area contributed by atoms with Crippen molar-refractivity contribution in [2.24, 2.45) is 0 Å². The zero-order valence-corrected chi connectivity index (χ0v) is 13.6. The van der Waals surface area contributed by atoms with E-state index in [0.29, 0.717) is 18.3 Å². The van der Waals surface area contributed by atoms with Crippen LogP contribution in [-0.2, 0) is 17.6 Å². The fraction of sp³-hybridized carbons (Fsp3) is 0.389. The minimum Gasteiger partial charge on any atom is -0.381 e. The summed E-state index contributed by atoms with van der Waals surface area (Å²) in [6.07, 6.45) is 3.87. The topological polar surface area (TPSA) is 66.0 Å². The van der Waals surface area contributed by atoms with Crippen LogP contribution in [-0.4, -0.2) is 33.1 Å². The van der Waals surface area contributed by atoms with Gasteiger partial charge in [-0.25, -0.2) is 9.07 Å². The van der Waals surface area contributed by atoms with Gasteiger partial charge in [-0.15, -0.1) is 0 Å². The van der Waals surface area contributed by atoms with Crippen molar-refractivity contribution in [1.82, 2.24) is 19.9 Å². The molecule has 0 N–H and O–H groups in total. The van der Waals surface area contributed by atoms with Gasteiger partial charge < -0.3 is 9.26 Å². The SMILES string of the molecule is Fc1ccc(-n2nc(-c3nc([C@H]4CCOC4)no3)c3c2CCC3)cc1. The molecule has 0 amide bonds. The summed E-state index contributed by atoms with van der Waals surface area (Å²) in [6, 6.07) is 6.37. The van der Waals surface area contributed by atoms with E-state index in [9.17, 15) is 4.39 Å². The van der Waals surface area contributed by atoms with E-state index in [-0.39, 0.29) is 11.7 Å². The van der Waals surface area contributed by atoms with Gasteiger partial charge in [-0.3, -0.25) is 0 Å². The first-order valence-corrected chi connectivity index (χ1v) is 8.58. The van der Waals surface area contributed by atoms with Crippen molar-refractivity contribution in [3.8, 4) is 17.3 Å². The van der Waals surface area contributed by atoms with E-state index in [1.54, 1.807) is 12.1 Å². The summed E-state index contributed by atoms with van der Waals surface area (Å²) in [5.41, 5.74) is 3.89. The summed E-state index contributed by atoms with van der Waals surface area (Å²) >= 11 is 0. The molecule has 1 atom stereocenters. The highest BCUT2D eigenvalue weighted by Gasteiger charge is 2.29. The van der Waals surface area contributed by atoms with Crippen LogP contribution in [0, 0.1) is 5.82 Å². The molecule has 0 bridgehead atoms. The Morgan fingerprint density at radius 2 is 2.04 bits per heavy atom. The Bertz CT molecular complexity index is 910. The number of ether oxygens (including phenoxy) is 1. The normalized spacial score (nSPS) is 19.5. The maximum absolute atomic E-state index is 13.2. The summed E-state index contributed by atoms with van der Waals surface area (Å²) in [4.78, 5) is 4.57. The second-order valence-corrected chi connectivity index (χ2v) is 6.53. The van der Waals surface area contributed by atoms with Gasteiger partial charge in [0.2, 0.25) is 0 Å². The predicted molar refractivity (Wildman–Crippen MR) is 87.0 cm³/mol. The standard InChI is InChI=1S/C18H17FN4O2/c19-12-4-6-13(7-5-12)23-15-3-1-2-14(15)16(21-23)18-20-17(22-25-18)11-8-9-24-10-11/h4-7,11H,1-3,8-10H2/t11-/m0/s1. The van der Waals surface area contributed by atoms with Crippen molar-refractivity contribution in [3.63, 3.8) is 0 Å². The van der Waals surface area contributed by atoms with E-state index in [0.717, 1.165) is 54.9 Å². The number of benzene rings is 1. The highest BCUT2D eigenvalue weighted by molar-refractivity contribution is 5.58. The molecule has 2 aliphatic rings. The zero-order valence-electron chi connectivity index (χ0n) is 13.6. The fourth-order valence-corrected chi connectivity index (χ4v) is 3.64. The van der Waals surface area contributed by atoms with Crippen LogP contribution in [0.2, 0.25) is 0 Å². The van der Waals surface area contributed by atoms with Crippen molar-refractivity contribution < 1.29 is 13.7 Å². The maximum Gasteiger partial charge on any atom is 0.278 e. The van der Waals surface area contributed by atoms with Crippen LogP contribution >= 0.6 is 0 Å². The number of halogens is 1. The van der Waals surface area contributed by atoms with Crippen LogP contribution in [0.15, 0.2) is 28.8 Å². The Morgan fingerprint density at radius 3 is 2.84 bits per heavy atom. The van der Waals surface area contributed by atoms with E-state index < -0.39 is 0 Å². The van der Waals surface area contributed by atoms with Crippen LogP contribution in [0.5, 0.6) is 0 Å². The minimum absolute atomic E-state index is 0.199. The van der Waals surface area contributed by atoms with E-state index >= 15 is 0 Å². The smallest absolute Gasteiger partial charge is 0.278 e. The van der Waals surface area contributed by atoms with Gasteiger partial charge in [0, 0.05) is 23.8 Å². The molecule has 128 valence electrons. The van der Waals surface area contributed by atoms with Gasteiger partial charge in [-0.2, -0.15) is 10.1 Å². The zero-order chi connectivity index (χ0) is 16.8. The Balaban J connectivity index is 1.56. The van der Waals surface area contributed by atoms with Crippen molar-refractivity contribution >= 4 is 0 Å². The largest absolute Gasteiger partial charge is 0.381 e. The molecule has 7 heteroatoms. The molecule has 1 aliphatic carbocycles. The van der Waals surface area contributed by atoms with Crippen LogP contribution in [0.25, 0.3) is 17.3 Å². The van der Waals surface area contributed by atoms with Gasteiger partial charge in [-0.05, 0) is 49.9 Å². The highest BCUT2D eigenvalue weighted by Crippen LogP contribution is 2.34. The monoisotopic (exact) mass is 340 g/mol. The third-order valence-electron chi connectivity index (χ3n) is 4.94. The molecular weight excluding hydrogens is 323 g/mol. The lowest BCUT2D eigenvalue weighted by molar-refractivity contribution is 0.192. The molecule has 3 heterocycles. The first-order chi connectivity index (χ1) is 12.3. The molecule has 0 unspecified atom stereocenters. The molecular formula is C18H17FN4O2. The molecule has 2 aromatic heterocycles. The molecule has 3 aromatic rings. The molecule has 0 spiro atoms. The summed E-state index contributed by atoms with van der Waals surface area (Å²) in [5.74, 6) is 1.09. The van der Waals surface area contributed by atoms with Gasteiger partial charge in [0.05, 0.1) is 12.3 Å². The van der Waals surface area contributed by atoms with Crippen LogP contribution < -0.4 is 0 Å².